The van der Waals surface area contributed by atoms with E-state index in [9.17, 15) is 8.42 Å². The van der Waals surface area contributed by atoms with Gasteiger partial charge in [0, 0.05) is 5.02 Å². The normalized spacial score (nSPS) is 11.3. The van der Waals surface area contributed by atoms with Gasteiger partial charge in [0.1, 0.15) is 4.90 Å². The smallest absolute Gasteiger partial charge is 0.263 e. The van der Waals surface area contributed by atoms with E-state index >= 15 is 0 Å². The number of rotatable bonds is 4. The molecule has 6 heteroatoms. The summed E-state index contributed by atoms with van der Waals surface area (Å²) in [5.41, 5.74) is 1.37. The van der Waals surface area contributed by atoms with Crippen molar-refractivity contribution in [2.24, 2.45) is 0 Å². The molecule has 0 unspecified atom stereocenters. The van der Waals surface area contributed by atoms with E-state index in [4.69, 9.17) is 23.2 Å². The lowest BCUT2D eigenvalue weighted by molar-refractivity contribution is 0.601. The standard InChI is InChI=1S/C14H13Cl2NO2S/c1-2-10-7-8-11(9-13(10)16)17-20(18,19)14-6-4-3-5-12(14)15/h3-9,17H,2H2,1H3. The predicted octanol–water partition coefficient (Wildman–Crippen LogP) is 4.36. The molecule has 20 heavy (non-hydrogen) atoms. The topological polar surface area (TPSA) is 46.2 Å². The lowest BCUT2D eigenvalue weighted by Gasteiger charge is -2.10. The molecule has 1 N–H and O–H groups in total. The molecule has 0 atom stereocenters. The van der Waals surface area contributed by atoms with Crippen molar-refractivity contribution in [1.82, 2.24) is 0 Å². The summed E-state index contributed by atoms with van der Waals surface area (Å²) in [5.74, 6) is 0. The quantitative estimate of drug-likeness (QED) is 0.905. The van der Waals surface area contributed by atoms with Crippen molar-refractivity contribution in [3.05, 3.63) is 58.1 Å². The monoisotopic (exact) mass is 329 g/mol. The third-order valence-corrected chi connectivity index (χ3v) is 5.05. The Morgan fingerprint density at radius 2 is 1.75 bits per heavy atom. The van der Waals surface area contributed by atoms with E-state index in [2.05, 4.69) is 4.72 Å². The number of halogens is 2. The first-order valence-electron chi connectivity index (χ1n) is 6.00. The van der Waals surface area contributed by atoms with Crippen molar-refractivity contribution in [1.29, 1.82) is 0 Å². The summed E-state index contributed by atoms with van der Waals surface area (Å²) in [6, 6.07) is 11.3. The highest BCUT2D eigenvalue weighted by molar-refractivity contribution is 7.92. The molecule has 0 saturated carbocycles. The second kappa shape index (κ2) is 6.04. The zero-order valence-corrected chi connectivity index (χ0v) is 13.1. The number of hydrogen-bond donors (Lipinski definition) is 1. The number of anilines is 1. The molecule has 0 heterocycles. The maximum Gasteiger partial charge on any atom is 0.263 e. The molecule has 0 bridgehead atoms. The summed E-state index contributed by atoms with van der Waals surface area (Å²) in [6.07, 6.45) is 0.788. The molecular formula is C14H13Cl2NO2S. The fourth-order valence-corrected chi connectivity index (χ4v) is 3.65. The van der Waals surface area contributed by atoms with Crippen molar-refractivity contribution in [3.8, 4) is 0 Å². The van der Waals surface area contributed by atoms with Crippen molar-refractivity contribution >= 4 is 38.9 Å². The van der Waals surface area contributed by atoms with E-state index in [-0.39, 0.29) is 9.92 Å². The second-order valence-corrected chi connectivity index (χ2v) is 6.66. The van der Waals surface area contributed by atoms with Crippen LogP contribution in [0.15, 0.2) is 47.4 Å². The number of sulfonamides is 1. The fraction of sp³-hybridized carbons (Fsp3) is 0.143. The molecular weight excluding hydrogens is 317 g/mol. The molecule has 0 aromatic heterocycles. The molecule has 0 amide bonds. The SMILES string of the molecule is CCc1ccc(NS(=O)(=O)c2ccccc2Cl)cc1Cl. The van der Waals surface area contributed by atoms with Gasteiger partial charge in [0.25, 0.3) is 10.0 Å². The van der Waals surface area contributed by atoms with Gasteiger partial charge in [-0.05, 0) is 36.2 Å². The van der Waals surface area contributed by atoms with Gasteiger partial charge in [-0.15, -0.1) is 0 Å². The van der Waals surface area contributed by atoms with Gasteiger partial charge in [0.05, 0.1) is 10.7 Å². The largest absolute Gasteiger partial charge is 0.280 e. The van der Waals surface area contributed by atoms with E-state index in [0.717, 1.165) is 12.0 Å². The summed E-state index contributed by atoms with van der Waals surface area (Å²) in [6.45, 7) is 1.98. The number of aryl methyl sites for hydroxylation is 1. The molecule has 0 aliphatic heterocycles. The minimum Gasteiger partial charge on any atom is -0.280 e. The first-order chi connectivity index (χ1) is 9.44. The van der Waals surface area contributed by atoms with Crippen LogP contribution in [-0.4, -0.2) is 8.42 Å². The van der Waals surface area contributed by atoms with Crippen molar-refractivity contribution in [3.63, 3.8) is 0 Å². The summed E-state index contributed by atoms with van der Waals surface area (Å²) in [5, 5.41) is 0.711. The molecule has 2 aromatic carbocycles. The van der Waals surface area contributed by atoms with E-state index < -0.39 is 10.0 Å². The average molecular weight is 330 g/mol. The highest BCUT2D eigenvalue weighted by atomic mass is 35.5. The van der Waals surface area contributed by atoms with Crippen LogP contribution in [-0.2, 0) is 16.4 Å². The highest BCUT2D eigenvalue weighted by Crippen LogP contribution is 2.26. The fourth-order valence-electron chi connectivity index (χ4n) is 1.77. The molecule has 2 rings (SSSR count). The Hall–Kier alpha value is -1.23. The van der Waals surface area contributed by atoms with Crippen LogP contribution in [0.2, 0.25) is 10.0 Å². The second-order valence-electron chi connectivity index (χ2n) is 4.20. The van der Waals surface area contributed by atoms with Gasteiger partial charge in [0.2, 0.25) is 0 Å². The third-order valence-electron chi connectivity index (χ3n) is 2.81. The van der Waals surface area contributed by atoms with Crippen LogP contribution in [0.3, 0.4) is 0 Å². The molecule has 2 aromatic rings. The van der Waals surface area contributed by atoms with Gasteiger partial charge >= 0.3 is 0 Å². The lowest BCUT2D eigenvalue weighted by atomic mass is 10.1. The maximum absolute atomic E-state index is 12.2. The van der Waals surface area contributed by atoms with Crippen molar-refractivity contribution in [2.75, 3.05) is 4.72 Å². The van der Waals surface area contributed by atoms with Gasteiger partial charge in [-0.2, -0.15) is 0 Å². The van der Waals surface area contributed by atoms with E-state index in [1.54, 1.807) is 30.3 Å². The third kappa shape index (κ3) is 3.26. The number of benzene rings is 2. The highest BCUT2D eigenvalue weighted by Gasteiger charge is 2.17. The average Bonchev–Trinajstić information content (AvgIpc) is 2.38. The van der Waals surface area contributed by atoms with E-state index in [0.29, 0.717) is 10.7 Å². The Labute approximate surface area is 128 Å². The van der Waals surface area contributed by atoms with E-state index in [1.807, 2.05) is 6.92 Å². The Morgan fingerprint density at radius 1 is 1.05 bits per heavy atom. The Morgan fingerprint density at radius 3 is 2.35 bits per heavy atom. The van der Waals surface area contributed by atoms with Crippen LogP contribution < -0.4 is 4.72 Å². The zero-order chi connectivity index (χ0) is 14.8. The summed E-state index contributed by atoms with van der Waals surface area (Å²) in [4.78, 5) is 0.0392. The van der Waals surface area contributed by atoms with E-state index in [1.165, 1.54) is 12.1 Å². The predicted molar refractivity (Wildman–Crippen MR) is 83.1 cm³/mol. The maximum atomic E-state index is 12.2. The Kier molecular flexibility index (Phi) is 4.58. The molecule has 0 radical (unpaired) electrons. The summed E-state index contributed by atoms with van der Waals surface area (Å²) < 4.78 is 27.0. The van der Waals surface area contributed by atoms with Gasteiger partial charge in [-0.3, -0.25) is 4.72 Å². The Balaban J connectivity index is 2.34. The molecule has 3 nitrogen and oxygen atoms in total. The summed E-state index contributed by atoms with van der Waals surface area (Å²) in [7, 11) is -3.72. The van der Waals surface area contributed by atoms with Crippen LogP contribution in [0.4, 0.5) is 5.69 Å². The summed E-state index contributed by atoms with van der Waals surface area (Å²) >= 11 is 12.0. The number of hydrogen-bond acceptors (Lipinski definition) is 2. The molecule has 0 saturated heterocycles. The molecule has 0 fully saturated rings. The van der Waals surface area contributed by atoms with Crippen LogP contribution in [0.25, 0.3) is 0 Å². The van der Waals surface area contributed by atoms with Crippen molar-refractivity contribution < 1.29 is 8.42 Å². The first-order valence-corrected chi connectivity index (χ1v) is 8.23. The lowest BCUT2D eigenvalue weighted by Crippen LogP contribution is -2.13. The van der Waals surface area contributed by atoms with Crippen LogP contribution in [0, 0.1) is 0 Å². The first kappa shape index (κ1) is 15.2. The molecule has 106 valence electrons. The van der Waals surface area contributed by atoms with Gasteiger partial charge in [-0.25, -0.2) is 8.42 Å². The van der Waals surface area contributed by atoms with Gasteiger partial charge < -0.3 is 0 Å². The Bertz CT molecular complexity index is 730. The minimum absolute atomic E-state index is 0.0392. The van der Waals surface area contributed by atoms with Gasteiger partial charge in [0.15, 0.2) is 0 Å². The van der Waals surface area contributed by atoms with Crippen molar-refractivity contribution in [2.45, 2.75) is 18.2 Å². The minimum atomic E-state index is -3.72. The van der Waals surface area contributed by atoms with Gasteiger partial charge in [-0.1, -0.05) is 48.3 Å². The number of nitrogens with one attached hydrogen (secondary N) is 1. The van der Waals surface area contributed by atoms with Crippen LogP contribution in [0.1, 0.15) is 12.5 Å². The van der Waals surface area contributed by atoms with Crippen LogP contribution in [0.5, 0.6) is 0 Å². The van der Waals surface area contributed by atoms with Crippen LogP contribution >= 0.6 is 23.2 Å². The molecule has 0 aliphatic rings. The zero-order valence-electron chi connectivity index (χ0n) is 10.7. The molecule has 0 aliphatic carbocycles. The molecule has 0 spiro atoms.